The first kappa shape index (κ1) is 44.8. The van der Waals surface area contributed by atoms with Crippen LogP contribution < -0.4 is 15.3 Å². The van der Waals surface area contributed by atoms with Crippen LogP contribution in [0.2, 0.25) is 0 Å². The fraction of sp³-hybridized carbons (Fsp3) is 0.641. The second-order valence-corrected chi connectivity index (χ2v) is 15.5. The number of benzene rings is 1. The number of carbonyl (C=O) groups excluding carboxylic acids is 1. The van der Waals surface area contributed by atoms with Crippen molar-refractivity contribution < 1.29 is 37.7 Å². The fourth-order valence-electron chi connectivity index (χ4n) is 6.02. The minimum absolute atomic E-state index is 0.0736. The van der Waals surface area contributed by atoms with Gasteiger partial charge in [0, 0.05) is 6.42 Å². The Bertz CT molecular complexity index is 1610. The van der Waals surface area contributed by atoms with E-state index in [0.29, 0.717) is 0 Å². The fourth-order valence-corrected chi connectivity index (χ4v) is 7.54. The molecule has 5 atom stereocenters. The lowest BCUT2D eigenvalue weighted by Gasteiger charge is -2.26. The zero-order chi connectivity index (χ0) is 39.2. The summed E-state index contributed by atoms with van der Waals surface area (Å²) in [5, 5.41) is 24.4. The Morgan fingerprint density at radius 1 is 0.963 bits per heavy atom. The van der Waals surface area contributed by atoms with Crippen LogP contribution in [0.4, 0.5) is 10.2 Å². The van der Waals surface area contributed by atoms with Crippen molar-refractivity contribution in [2.75, 3.05) is 18.9 Å². The van der Waals surface area contributed by atoms with E-state index >= 15 is 0 Å². The number of rotatable bonds is 29. The summed E-state index contributed by atoms with van der Waals surface area (Å²) in [7, 11) is -4.27. The van der Waals surface area contributed by atoms with Crippen LogP contribution >= 0.6 is 7.75 Å². The number of fused-ring (bicyclic) bond motifs is 1. The number of aromatic nitrogens is 4. The first-order valence-electron chi connectivity index (χ1n) is 19.5. The van der Waals surface area contributed by atoms with Gasteiger partial charge in [-0.25, -0.2) is 9.55 Å². The number of nitrogens with one attached hydrogen (secondary N) is 1. The predicted octanol–water partition coefficient (Wildman–Crippen LogP) is 8.03. The smallest absolute Gasteiger partial charge is 0.459 e. The molecule has 1 aromatic carbocycles. The van der Waals surface area contributed by atoms with Crippen molar-refractivity contribution in [3.63, 3.8) is 0 Å². The van der Waals surface area contributed by atoms with E-state index in [2.05, 4.69) is 32.9 Å². The van der Waals surface area contributed by atoms with Gasteiger partial charge in [-0.2, -0.15) is 19.4 Å². The van der Waals surface area contributed by atoms with E-state index in [1.165, 1.54) is 90.3 Å². The van der Waals surface area contributed by atoms with Crippen molar-refractivity contribution in [1.29, 1.82) is 0 Å². The van der Waals surface area contributed by atoms with Crippen LogP contribution in [0.5, 0.6) is 5.75 Å². The first-order valence-corrected chi connectivity index (χ1v) is 21.0. The normalized spacial score (nSPS) is 14.9. The molecule has 2 heterocycles. The molecule has 0 amide bonds. The largest absolute Gasteiger partial charge is 0.465 e. The predicted molar refractivity (Wildman–Crippen MR) is 208 cm³/mol. The zero-order valence-electron chi connectivity index (χ0n) is 31.9. The van der Waals surface area contributed by atoms with Crippen LogP contribution in [0.1, 0.15) is 129 Å². The minimum Gasteiger partial charge on any atom is -0.465 e. The van der Waals surface area contributed by atoms with Crippen LogP contribution in [0.15, 0.2) is 36.7 Å². The molecule has 3 aromatic rings. The Morgan fingerprint density at radius 3 is 2.11 bits per heavy atom. The van der Waals surface area contributed by atoms with Gasteiger partial charge >= 0.3 is 19.8 Å². The Balaban J connectivity index is 1.40. The van der Waals surface area contributed by atoms with Crippen molar-refractivity contribution in [2.24, 2.45) is 5.92 Å². The molecule has 0 bridgehead atoms. The number of unbranched alkanes of at least 4 members (excludes halogenated alkanes) is 15. The molecule has 0 saturated carbocycles. The van der Waals surface area contributed by atoms with E-state index in [1.807, 2.05) is 0 Å². The van der Waals surface area contributed by atoms with Crippen molar-refractivity contribution in [3.05, 3.63) is 42.7 Å². The van der Waals surface area contributed by atoms with Crippen molar-refractivity contribution in [2.45, 2.75) is 141 Å². The van der Waals surface area contributed by atoms with E-state index in [-0.39, 0.29) is 35.8 Å². The van der Waals surface area contributed by atoms with Gasteiger partial charge in [-0.05, 0) is 25.5 Å². The molecule has 0 aliphatic carbocycles. The third-order valence-electron chi connectivity index (χ3n) is 9.21. The standard InChI is InChI=1S/C39H60FN6O7P/c1-4-6-7-8-9-10-11-12-13-14-15-16-17-18-19-23-26-51-38(49)30(3)45-54(50,53-32-24-21-20-22-25-32)52-28-31(5-2)33(47)27-34(48)46-29-42-35-36(41)43-39(40)44-37(35)46/h2,20-22,24-25,29-31,33-34,47-48H,4,6-19,23,26-28H2,1,3H3,(H,45,50)(H2,41,43,44)/t30-,31-,33-,34+,54?/m0/s1. The third kappa shape index (κ3) is 16.0. The van der Waals surface area contributed by atoms with Gasteiger partial charge in [-0.3, -0.25) is 13.9 Å². The molecule has 0 aliphatic heterocycles. The number of esters is 1. The highest BCUT2D eigenvalue weighted by atomic mass is 31.2. The molecular formula is C39H60FN6O7P. The first-order chi connectivity index (χ1) is 26.1. The Kier molecular flexibility index (Phi) is 20.5. The van der Waals surface area contributed by atoms with E-state index < -0.39 is 50.7 Å². The molecule has 3 rings (SSSR count). The van der Waals surface area contributed by atoms with Crippen LogP contribution in [-0.2, 0) is 18.6 Å². The molecule has 0 saturated heterocycles. The number of anilines is 1. The highest BCUT2D eigenvalue weighted by Crippen LogP contribution is 2.45. The zero-order valence-corrected chi connectivity index (χ0v) is 32.8. The lowest BCUT2D eigenvalue weighted by atomic mass is 10.0. The Morgan fingerprint density at radius 2 is 1.54 bits per heavy atom. The summed E-state index contributed by atoms with van der Waals surface area (Å²) in [6, 6.07) is 7.16. The average Bonchev–Trinajstić information content (AvgIpc) is 3.58. The number of aliphatic hydroxyl groups excluding tert-OH is 2. The molecule has 15 heteroatoms. The van der Waals surface area contributed by atoms with Gasteiger partial charge in [0.1, 0.15) is 18.0 Å². The second kappa shape index (κ2) is 24.7. The number of hydrogen-bond acceptors (Lipinski definition) is 11. The van der Waals surface area contributed by atoms with Crippen LogP contribution in [-0.4, -0.2) is 61.1 Å². The molecule has 0 aliphatic rings. The number of nitrogens with zero attached hydrogens (tertiary/aromatic N) is 4. The van der Waals surface area contributed by atoms with Crippen molar-refractivity contribution in [1.82, 2.24) is 24.6 Å². The summed E-state index contributed by atoms with van der Waals surface area (Å²) >= 11 is 0. The molecule has 5 N–H and O–H groups in total. The highest BCUT2D eigenvalue weighted by molar-refractivity contribution is 7.52. The molecule has 2 aromatic heterocycles. The SMILES string of the molecule is C#C[C@@H](COP(=O)(N[C@@H](C)C(=O)OCCCCCCCCCCCCCCCCCC)Oc1ccccc1)[C@@H](O)C[C@@H](O)n1cnc2c(N)nc(F)nc21. The van der Waals surface area contributed by atoms with Gasteiger partial charge in [-0.1, -0.05) is 127 Å². The van der Waals surface area contributed by atoms with E-state index in [1.54, 1.807) is 30.3 Å². The number of aliphatic hydroxyl groups is 2. The Labute approximate surface area is 319 Å². The molecular weight excluding hydrogens is 714 g/mol. The number of para-hydroxylation sites is 1. The lowest BCUT2D eigenvalue weighted by molar-refractivity contribution is -0.145. The number of terminal acetylenes is 1. The number of nitrogen functional groups attached to an aromatic ring is 1. The summed E-state index contributed by atoms with van der Waals surface area (Å²) in [5.41, 5.74) is 5.69. The molecule has 54 heavy (non-hydrogen) atoms. The van der Waals surface area contributed by atoms with Gasteiger partial charge in [0.25, 0.3) is 0 Å². The summed E-state index contributed by atoms with van der Waals surface area (Å²) in [6.45, 7) is 3.50. The van der Waals surface area contributed by atoms with Crippen LogP contribution in [0.25, 0.3) is 11.2 Å². The number of nitrogens with two attached hydrogens (primary N) is 1. The van der Waals surface area contributed by atoms with Gasteiger partial charge < -0.3 is 25.2 Å². The van der Waals surface area contributed by atoms with Gasteiger partial charge in [0.05, 0.1) is 31.6 Å². The van der Waals surface area contributed by atoms with E-state index in [9.17, 15) is 24.0 Å². The number of halogens is 1. The third-order valence-corrected chi connectivity index (χ3v) is 10.9. The van der Waals surface area contributed by atoms with E-state index in [4.69, 9.17) is 25.9 Å². The molecule has 0 fully saturated rings. The van der Waals surface area contributed by atoms with Crippen LogP contribution in [0, 0.1) is 24.3 Å². The second-order valence-electron chi connectivity index (χ2n) is 13.8. The number of hydrogen-bond donors (Lipinski definition) is 4. The summed E-state index contributed by atoms with van der Waals surface area (Å²) < 4.78 is 45.7. The number of ether oxygens (including phenoxy) is 1. The topological polar surface area (TPSA) is 184 Å². The van der Waals surface area contributed by atoms with Crippen molar-refractivity contribution >= 4 is 30.7 Å². The van der Waals surface area contributed by atoms with Crippen LogP contribution in [0.3, 0.4) is 0 Å². The lowest BCUT2D eigenvalue weighted by Crippen LogP contribution is -2.36. The summed E-state index contributed by atoms with van der Waals surface area (Å²) in [6.07, 6.45) is 22.5. The maximum atomic E-state index is 14.0. The van der Waals surface area contributed by atoms with Gasteiger partial charge in [0.15, 0.2) is 17.0 Å². The van der Waals surface area contributed by atoms with Gasteiger partial charge in [0.2, 0.25) is 0 Å². The van der Waals surface area contributed by atoms with Crippen molar-refractivity contribution in [3.8, 4) is 18.1 Å². The monoisotopic (exact) mass is 774 g/mol. The summed E-state index contributed by atoms with van der Waals surface area (Å²) in [5.74, 6) is 0.668. The maximum absolute atomic E-state index is 14.0. The quantitative estimate of drug-likeness (QED) is 0.0175. The number of carbonyl (C=O) groups is 1. The number of imidazole rings is 1. The summed E-state index contributed by atoms with van der Waals surface area (Å²) in [4.78, 5) is 23.9. The van der Waals surface area contributed by atoms with E-state index in [0.717, 1.165) is 30.3 Å². The minimum atomic E-state index is -4.27. The molecule has 300 valence electrons. The molecule has 0 spiro atoms. The maximum Gasteiger partial charge on any atom is 0.459 e. The highest BCUT2D eigenvalue weighted by Gasteiger charge is 2.34. The molecule has 1 unspecified atom stereocenters. The molecule has 13 nitrogen and oxygen atoms in total. The Hall–Kier alpha value is -3.60. The average molecular weight is 775 g/mol. The molecule has 0 radical (unpaired) electrons. The van der Waals surface area contributed by atoms with Gasteiger partial charge in [-0.15, -0.1) is 6.42 Å².